The van der Waals surface area contributed by atoms with E-state index in [4.69, 9.17) is 9.84 Å². The number of rotatable bonds is 4. The molecule has 0 aliphatic carbocycles. The molecule has 0 aliphatic heterocycles. The third kappa shape index (κ3) is 3.72. The summed E-state index contributed by atoms with van der Waals surface area (Å²) >= 11 is 6.03. The van der Waals surface area contributed by atoms with Crippen LogP contribution in [-0.4, -0.2) is 22.3 Å². The lowest BCUT2D eigenvalue weighted by molar-refractivity contribution is -0.145. The van der Waals surface area contributed by atoms with Gasteiger partial charge < -0.3 is 14.9 Å². The molecule has 2 N–H and O–H groups in total. The Morgan fingerprint density at radius 2 is 2.00 bits per heavy atom. The van der Waals surface area contributed by atoms with E-state index in [-0.39, 0.29) is 5.75 Å². The van der Waals surface area contributed by atoms with Gasteiger partial charge >= 0.3 is 5.97 Å². The quantitative estimate of drug-likeness (QED) is 0.542. The summed E-state index contributed by atoms with van der Waals surface area (Å²) in [6, 6.07) is 1.75. The minimum Gasteiger partial charge on any atom is -0.506 e. The summed E-state index contributed by atoms with van der Waals surface area (Å²) in [4.78, 5) is 10.9. The van der Waals surface area contributed by atoms with Crippen molar-refractivity contribution in [2.24, 2.45) is 0 Å². The highest BCUT2D eigenvalue weighted by molar-refractivity contribution is 14.1. The van der Waals surface area contributed by atoms with E-state index in [1.807, 2.05) is 45.2 Å². The number of hydrogen-bond donors (Lipinski definition) is 2. The first-order chi connectivity index (χ1) is 7.88. The second-order valence-electron chi connectivity index (χ2n) is 3.18. The van der Waals surface area contributed by atoms with Gasteiger partial charge in [-0.2, -0.15) is 0 Å². The minimum atomic E-state index is -1.00. The Kier molecular flexibility index (Phi) is 6.02. The van der Waals surface area contributed by atoms with E-state index in [9.17, 15) is 9.90 Å². The number of ether oxygens (including phenoxy) is 1. The normalized spacial score (nSPS) is 12.2. The van der Waals surface area contributed by atoms with Crippen LogP contribution in [0.15, 0.2) is 6.07 Å². The summed E-state index contributed by atoms with van der Waals surface area (Å²) in [5.41, 5.74) is 0. The van der Waals surface area contributed by atoms with Gasteiger partial charge in [-0.3, -0.25) is 0 Å². The maximum atomic E-state index is 10.9. The number of aliphatic carboxylic acids is 1. The van der Waals surface area contributed by atoms with Crippen molar-refractivity contribution in [3.8, 4) is 11.5 Å². The van der Waals surface area contributed by atoms with Crippen molar-refractivity contribution >= 4 is 73.7 Å². The molecule has 1 atom stereocenters. The summed E-state index contributed by atoms with van der Waals surface area (Å²) in [6.45, 7) is 1.74. The molecule has 0 aliphatic rings. The SMILES string of the molecule is CCC(Oc1c(I)cc(I)c(O)c1I)C(=O)O. The molecule has 4 nitrogen and oxygen atoms in total. The first-order valence-corrected chi connectivity index (χ1v) is 7.88. The standard InChI is InChI=1S/C10H9I3O4/c1-2-6(10(15)16)17-9-5(12)3-4(11)8(14)7(9)13/h3,6,14H,2H2,1H3,(H,15,16). The van der Waals surface area contributed by atoms with E-state index in [0.29, 0.717) is 19.3 Å². The van der Waals surface area contributed by atoms with Crippen LogP contribution in [0.5, 0.6) is 11.5 Å². The lowest BCUT2D eigenvalue weighted by Gasteiger charge is -2.17. The Balaban J connectivity index is 3.14. The van der Waals surface area contributed by atoms with Crippen LogP contribution in [0.3, 0.4) is 0 Å². The second-order valence-corrected chi connectivity index (χ2v) is 6.59. The number of aromatic hydroxyl groups is 1. The van der Waals surface area contributed by atoms with Gasteiger partial charge in [0.2, 0.25) is 0 Å². The lowest BCUT2D eigenvalue weighted by atomic mass is 10.2. The van der Waals surface area contributed by atoms with Gasteiger partial charge in [0.15, 0.2) is 11.9 Å². The molecule has 0 aromatic heterocycles. The van der Waals surface area contributed by atoms with Gasteiger partial charge in [0, 0.05) is 0 Å². The Morgan fingerprint density at radius 1 is 1.41 bits per heavy atom. The maximum Gasteiger partial charge on any atom is 0.344 e. The van der Waals surface area contributed by atoms with Gasteiger partial charge in [-0.05, 0) is 80.3 Å². The number of hydrogen-bond acceptors (Lipinski definition) is 3. The number of benzene rings is 1. The van der Waals surface area contributed by atoms with Crippen molar-refractivity contribution in [2.75, 3.05) is 0 Å². The maximum absolute atomic E-state index is 10.9. The molecule has 0 bridgehead atoms. The summed E-state index contributed by atoms with van der Waals surface area (Å²) in [6.07, 6.45) is -0.523. The average molecular weight is 574 g/mol. The Morgan fingerprint density at radius 3 is 2.47 bits per heavy atom. The van der Waals surface area contributed by atoms with Gasteiger partial charge in [-0.25, -0.2) is 4.79 Å². The van der Waals surface area contributed by atoms with Crippen molar-refractivity contribution < 1.29 is 19.7 Å². The zero-order valence-corrected chi connectivity index (χ0v) is 15.2. The second kappa shape index (κ2) is 6.59. The highest BCUT2D eigenvalue weighted by Crippen LogP contribution is 2.38. The highest BCUT2D eigenvalue weighted by Gasteiger charge is 2.22. The number of carboxylic acids is 1. The van der Waals surface area contributed by atoms with E-state index in [0.717, 1.165) is 3.57 Å². The fourth-order valence-corrected chi connectivity index (χ4v) is 4.75. The fourth-order valence-electron chi connectivity index (χ4n) is 1.12. The van der Waals surface area contributed by atoms with Crippen LogP contribution in [0.4, 0.5) is 0 Å². The van der Waals surface area contributed by atoms with Crippen LogP contribution in [0.1, 0.15) is 13.3 Å². The Hall–Kier alpha value is 0.480. The molecule has 7 heteroatoms. The fraction of sp³-hybridized carbons (Fsp3) is 0.300. The van der Waals surface area contributed by atoms with Crippen molar-refractivity contribution in [1.82, 2.24) is 0 Å². The molecule has 0 fully saturated rings. The van der Waals surface area contributed by atoms with E-state index in [1.54, 1.807) is 13.0 Å². The molecule has 1 aromatic rings. The molecular formula is C10H9I3O4. The number of phenolic OH excluding ortho intramolecular Hbond substituents is 1. The number of halogens is 3. The third-order valence-corrected chi connectivity index (χ3v) is 4.63. The van der Waals surface area contributed by atoms with Crippen LogP contribution >= 0.6 is 67.8 Å². The first-order valence-electron chi connectivity index (χ1n) is 4.64. The van der Waals surface area contributed by atoms with Crippen molar-refractivity contribution in [3.63, 3.8) is 0 Å². The molecule has 0 heterocycles. The molecule has 17 heavy (non-hydrogen) atoms. The van der Waals surface area contributed by atoms with Crippen LogP contribution < -0.4 is 4.74 Å². The minimum absolute atomic E-state index is 0.127. The monoisotopic (exact) mass is 574 g/mol. The largest absolute Gasteiger partial charge is 0.506 e. The molecule has 0 amide bonds. The number of carboxylic acid groups (broad SMARTS) is 1. The highest BCUT2D eigenvalue weighted by atomic mass is 127. The topological polar surface area (TPSA) is 66.8 Å². The van der Waals surface area contributed by atoms with Crippen LogP contribution in [0, 0.1) is 10.7 Å². The Labute approximate surface area is 140 Å². The molecule has 1 aromatic carbocycles. The average Bonchev–Trinajstić information content (AvgIpc) is 2.26. The summed E-state index contributed by atoms with van der Waals surface area (Å²) in [5, 5.41) is 18.7. The zero-order valence-electron chi connectivity index (χ0n) is 8.71. The van der Waals surface area contributed by atoms with Crippen LogP contribution in [0.2, 0.25) is 0 Å². The predicted molar refractivity (Wildman–Crippen MR) is 88.6 cm³/mol. The zero-order chi connectivity index (χ0) is 13.2. The van der Waals surface area contributed by atoms with E-state index in [1.165, 1.54) is 0 Å². The molecule has 1 unspecified atom stereocenters. The van der Waals surface area contributed by atoms with Gasteiger partial charge in [-0.1, -0.05) is 6.92 Å². The first kappa shape index (κ1) is 15.5. The molecule has 94 valence electrons. The van der Waals surface area contributed by atoms with Crippen LogP contribution in [-0.2, 0) is 4.79 Å². The predicted octanol–water partition coefficient (Wildman–Crippen LogP) is 3.45. The molecule has 0 saturated carbocycles. The van der Waals surface area contributed by atoms with Gasteiger partial charge in [-0.15, -0.1) is 0 Å². The lowest BCUT2D eigenvalue weighted by Crippen LogP contribution is -2.26. The summed E-state index contributed by atoms with van der Waals surface area (Å²) in [5.74, 6) is -0.447. The van der Waals surface area contributed by atoms with Gasteiger partial charge in [0.05, 0.1) is 10.7 Å². The van der Waals surface area contributed by atoms with E-state index in [2.05, 4.69) is 22.6 Å². The summed E-state index contributed by atoms with van der Waals surface area (Å²) < 4.78 is 7.49. The number of phenols is 1. The summed E-state index contributed by atoms with van der Waals surface area (Å²) in [7, 11) is 0. The van der Waals surface area contributed by atoms with Gasteiger partial charge in [0.25, 0.3) is 0 Å². The van der Waals surface area contributed by atoms with Crippen molar-refractivity contribution in [1.29, 1.82) is 0 Å². The van der Waals surface area contributed by atoms with E-state index < -0.39 is 12.1 Å². The van der Waals surface area contributed by atoms with Crippen molar-refractivity contribution in [2.45, 2.75) is 19.4 Å². The molecule has 0 radical (unpaired) electrons. The van der Waals surface area contributed by atoms with Gasteiger partial charge in [0.1, 0.15) is 5.75 Å². The molecular weight excluding hydrogens is 565 g/mol. The Bertz CT molecular complexity index is 448. The van der Waals surface area contributed by atoms with Crippen molar-refractivity contribution in [3.05, 3.63) is 16.8 Å². The third-order valence-electron chi connectivity index (χ3n) is 2.01. The molecule has 1 rings (SSSR count). The van der Waals surface area contributed by atoms with E-state index >= 15 is 0 Å². The molecule has 0 saturated heterocycles. The smallest absolute Gasteiger partial charge is 0.344 e. The van der Waals surface area contributed by atoms with Crippen LogP contribution in [0.25, 0.3) is 0 Å². The molecule has 0 spiro atoms. The number of carbonyl (C=O) groups is 1.